The van der Waals surface area contributed by atoms with Crippen molar-refractivity contribution in [1.29, 1.82) is 0 Å². The Morgan fingerprint density at radius 2 is 2.09 bits per heavy atom. The molecule has 23 heavy (non-hydrogen) atoms. The summed E-state index contributed by atoms with van der Waals surface area (Å²) >= 11 is 0. The molecule has 0 saturated carbocycles. The maximum Gasteiger partial charge on any atom is 0.326 e. The van der Waals surface area contributed by atoms with Crippen molar-refractivity contribution in [3.8, 4) is 0 Å². The van der Waals surface area contributed by atoms with Crippen LogP contribution in [-0.2, 0) is 4.79 Å². The third-order valence-corrected chi connectivity index (χ3v) is 4.15. The van der Waals surface area contributed by atoms with E-state index in [-0.39, 0.29) is 5.69 Å². The first-order chi connectivity index (χ1) is 11.0. The third kappa shape index (κ3) is 4.74. The number of carbonyl (C=O) groups is 2. The van der Waals surface area contributed by atoms with Gasteiger partial charge >= 0.3 is 6.03 Å². The topological polar surface area (TPSA) is 73.5 Å². The summed E-state index contributed by atoms with van der Waals surface area (Å²) in [5, 5.41) is 7.82. The number of rotatable bonds is 4. The highest BCUT2D eigenvalue weighted by Crippen LogP contribution is 2.14. The molecule has 2 atom stereocenters. The molecule has 1 aromatic carbocycles. The summed E-state index contributed by atoms with van der Waals surface area (Å²) in [5.74, 6) is -0.938. The number of nitrogens with zero attached hydrogens (tertiary/aromatic N) is 1. The monoisotopic (exact) mass is 322 g/mol. The number of amides is 3. The van der Waals surface area contributed by atoms with E-state index in [1.54, 1.807) is 13.0 Å². The van der Waals surface area contributed by atoms with Gasteiger partial charge in [0, 0.05) is 12.6 Å². The lowest BCUT2D eigenvalue weighted by atomic mass is 10.0. The van der Waals surface area contributed by atoms with Gasteiger partial charge in [-0.05, 0) is 45.5 Å². The quantitative estimate of drug-likeness (QED) is 0.786. The van der Waals surface area contributed by atoms with Crippen LogP contribution in [0.1, 0.15) is 19.8 Å². The molecule has 2 unspecified atom stereocenters. The fourth-order valence-electron chi connectivity index (χ4n) is 2.69. The summed E-state index contributed by atoms with van der Waals surface area (Å²) in [6, 6.07) is 5.02. The van der Waals surface area contributed by atoms with Gasteiger partial charge in [-0.15, -0.1) is 0 Å². The fourth-order valence-corrected chi connectivity index (χ4v) is 2.69. The number of piperidine rings is 1. The van der Waals surface area contributed by atoms with Gasteiger partial charge in [0.25, 0.3) is 0 Å². The number of halogens is 1. The molecule has 1 heterocycles. The molecule has 3 N–H and O–H groups in total. The number of para-hydroxylation sites is 1. The van der Waals surface area contributed by atoms with Gasteiger partial charge in [0.15, 0.2) is 0 Å². The van der Waals surface area contributed by atoms with Crippen molar-refractivity contribution in [3.05, 3.63) is 30.1 Å². The van der Waals surface area contributed by atoms with Crippen LogP contribution in [0.4, 0.5) is 14.9 Å². The summed E-state index contributed by atoms with van der Waals surface area (Å²) in [4.78, 5) is 26.1. The highest BCUT2D eigenvalue weighted by atomic mass is 19.1. The van der Waals surface area contributed by atoms with E-state index in [0.717, 1.165) is 25.9 Å². The summed E-state index contributed by atoms with van der Waals surface area (Å²) < 4.78 is 13.5. The number of likely N-dealkylation sites (N-methyl/N-ethyl adjacent to an activating group) is 1. The molecule has 126 valence electrons. The maximum atomic E-state index is 13.5. The molecule has 1 aliphatic heterocycles. The van der Waals surface area contributed by atoms with E-state index in [4.69, 9.17) is 0 Å². The second kappa shape index (κ2) is 8.03. The van der Waals surface area contributed by atoms with Gasteiger partial charge in [0.2, 0.25) is 5.91 Å². The van der Waals surface area contributed by atoms with Crippen molar-refractivity contribution in [2.45, 2.75) is 31.8 Å². The highest BCUT2D eigenvalue weighted by molar-refractivity contribution is 6.02. The zero-order valence-corrected chi connectivity index (χ0v) is 13.4. The largest absolute Gasteiger partial charge is 0.326 e. The smallest absolute Gasteiger partial charge is 0.316 e. The first-order valence-corrected chi connectivity index (χ1v) is 7.79. The molecular weight excluding hydrogens is 299 g/mol. The molecule has 0 radical (unpaired) electrons. The lowest BCUT2D eigenvalue weighted by Gasteiger charge is -2.35. The molecule has 0 spiro atoms. The number of hydrogen-bond donors (Lipinski definition) is 3. The molecule has 3 amide bonds. The van der Waals surface area contributed by atoms with Gasteiger partial charge in [-0.2, -0.15) is 0 Å². The minimum atomic E-state index is -0.728. The second-order valence-electron chi connectivity index (χ2n) is 5.72. The van der Waals surface area contributed by atoms with Gasteiger partial charge in [-0.3, -0.25) is 15.0 Å². The SMILES string of the molecule is CNC1CCCN(C(C)C(=O)NC(=O)Nc2ccccc2F)C1. The van der Waals surface area contributed by atoms with Crippen LogP contribution in [0.5, 0.6) is 0 Å². The van der Waals surface area contributed by atoms with Crippen LogP contribution in [0.2, 0.25) is 0 Å². The van der Waals surface area contributed by atoms with Crippen molar-refractivity contribution in [1.82, 2.24) is 15.5 Å². The molecule has 1 fully saturated rings. The van der Waals surface area contributed by atoms with Gasteiger partial charge < -0.3 is 10.6 Å². The minimum absolute atomic E-state index is 0.0404. The average Bonchev–Trinajstić information content (AvgIpc) is 2.56. The molecule has 0 aliphatic carbocycles. The lowest BCUT2D eigenvalue weighted by molar-refractivity contribution is -0.125. The van der Waals surface area contributed by atoms with Crippen LogP contribution in [0.3, 0.4) is 0 Å². The van der Waals surface area contributed by atoms with Crippen LogP contribution < -0.4 is 16.0 Å². The first kappa shape index (κ1) is 17.4. The number of urea groups is 1. The Bertz CT molecular complexity index is 567. The molecule has 1 aromatic rings. The van der Waals surface area contributed by atoms with Gasteiger partial charge in [-0.25, -0.2) is 9.18 Å². The fraction of sp³-hybridized carbons (Fsp3) is 0.500. The number of hydrogen-bond acceptors (Lipinski definition) is 4. The number of likely N-dealkylation sites (tertiary alicyclic amines) is 1. The van der Waals surface area contributed by atoms with Crippen molar-refractivity contribution in [2.75, 3.05) is 25.5 Å². The summed E-state index contributed by atoms with van der Waals surface area (Å²) in [6.45, 7) is 3.35. The average molecular weight is 322 g/mol. The van der Waals surface area contributed by atoms with Crippen LogP contribution in [0, 0.1) is 5.82 Å². The highest BCUT2D eigenvalue weighted by Gasteiger charge is 2.27. The molecule has 7 heteroatoms. The van der Waals surface area contributed by atoms with E-state index in [2.05, 4.69) is 16.0 Å². The van der Waals surface area contributed by atoms with E-state index in [1.165, 1.54) is 18.2 Å². The molecule has 1 saturated heterocycles. The number of nitrogens with one attached hydrogen (secondary N) is 3. The Morgan fingerprint density at radius 3 is 2.78 bits per heavy atom. The lowest BCUT2D eigenvalue weighted by Crippen LogP contribution is -2.53. The number of anilines is 1. The summed E-state index contributed by atoms with van der Waals surface area (Å²) in [7, 11) is 1.90. The summed E-state index contributed by atoms with van der Waals surface area (Å²) in [6.07, 6.45) is 2.08. The third-order valence-electron chi connectivity index (χ3n) is 4.15. The molecule has 6 nitrogen and oxygen atoms in total. The van der Waals surface area contributed by atoms with E-state index >= 15 is 0 Å². The Balaban J connectivity index is 1.88. The number of benzene rings is 1. The van der Waals surface area contributed by atoms with Crippen LogP contribution >= 0.6 is 0 Å². The minimum Gasteiger partial charge on any atom is -0.316 e. The van der Waals surface area contributed by atoms with E-state index in [9.17, 15) is 14.0 Å². The molecule has 0 bridgehead atoms. The predicted molar refractivity (Wildman–Crippen MR) is 86.7 cm³/mol. The Labute approximate surface area is 135 Å². The van der Waals surface area contributed by atoms with Crippen molar-refractivity contribution < 1.29 is 14.0 Å². The van der Waals surface area contributed by atoms with E-state index < -0.39 is 23.8 Å². The first-order valence-electron chi connectivity index (χ1n) is 7.79. The second-order valence-corrected chi connectivity index (χ2v) is 5.72. The molecule has 1 aliphatic rings. The number of carbonyl (C=O) groups excluding carboxylic acids is 2. The predicted octanol–water partition coefficient (Wildman–Crippen LogP) is 1.55. The van der Waals surface area contributed by atoms with Crippen LogP contribution in [0.15, 0.2) is 24.3 Å². The normalized spacial score (nSPS) is 19.9. The molecular formula is C16H23FN4O2. The standard InChI is InChI=1S/C16H23FN4O2/c1-11(21-9-5-6-12(10-21)18-2)15(22)20-16(23)19-14-8-4-3-7-13(14)17/h3-4,7-8,11-12,18H,5-6,9-10H2,1-2H3,(H2,19,20,22,23). The van der Waals surface area contributed by atoms with Gasteiger partial charge in [-0.1, -0.05) is 12.1 Å². The van der Waals surface area contributed by atoms with Crippen molar-refractivity contribution >= 4 is 17.6 Å². The van der Waals surface area contributed by atoms with Crippen LogP contribution in [0.25, 0.3) is 0 Å². The Kier molecular flexibility index (Phi) is 6.06. The van der Waals surface area contributed by atoms with E-state index in [1.807, 2.05) is 11.9 Å². The Hall–Kier alpha value is -1.99. The maximum absolute atomic E-state index is 13.5. The summed E-state index contributed by atoms with van der Waals surface area (Å²) in [5.41, 5.74) is 0.0404. The Morgan fingerprint density at radius 1 is 1.35 bits per heavy atom. The van der Waals surface area contributed by atoms with Crippen LogP contribution in [-0.4, -0.2) is 49.1 Å². The molecule has 0 aromatic heterocycles. The number of imide groups is 1. The van der Waals surface area contributed by atoms with Gasteiger partial charge in [0.05, 0.1) is 11.7 Å². The van der Waals surface area contributed by atoms with Crippen molar-refractivity contribution in [2.24, 2.45) is 0 Å². The van der Waals surface area contributed by atoms with Gasteiger partial charge in [0.1, 0.15) is 5.82 Å². The zero-order valence-electron chi connectivity index (χ0n) is 13.4. The van der Waals surface area contributed by atoms with Crippen molar-refractivity contribution in [3.63, 3.8) is 0 Å². The zero-order chi connectivity index (χ0) is 16.8. The molecule has 2 rings (SSSR count). The van der Waals surface area contributed by atoms with E-state index in [0.29, 0.717) is 6.04 Å².